The van der Waals surface area contributed by atoms with Crippen molar-refractivity contribution in [3.63, 3.8) is 0 Å². The lowest BCUT2D eigenvalue weighted by atomic mass is 10.1. The van der Waals surface area contributed by atoms with Crippen molar-refractivity contribution in [2.24, 2.45) is 0 Å². The molecular weight excluding hydrogens is 234 g/mol. The highest BCUT2D eigenvalue weighted by Crippen LogP contribution is 2.31. The van der Waals surface area contributed by atoms with Gasteiger partial charge in [-0.25, -0.2) is 4.98 Å². The first kappa shape index (κ1) is 10.7. The number of nitrogens with zero attached hydrogens (tertiary/aromatic N) is 1. The molecule has 1 aromatic carbocycles. The van der Waals surface area contributed by atoms with E-state index < -0.39 is 6.10 Å². The van der Waals surface area contributed by atoms with Gasteiger partial charge in [-0.2, -0.15) is 0 Å². The second-order valence-corrected chi connectivity index (χ2v) is 5.06. The van der Waals surface area contributed by atoms with Gasteiger partial charge in [0.15, 0.2) is 0 Å². The maximum absolute atomic E-state index is 9.47. The number of rotatable bonds is 2. The number of hydrogen-bond donors (Lipinski definition) is 1. The topological polar surface area (TPSA) is 42.4 Å². The Morgan fingerprint density at radius 2 is 2.35 bits per heavy atom. The summed E-state index contributed by atoms with van der Waals surface area (Å²) in [6.07, 6.45) is 0.475. The molecule has 1 aliphatic rings. The number of fused-ring (bicyclic) bond motifs is 1. The molecule has 3 rings (SSSR count). The zero-order valence-electron chi connectivity index (χ0n) is 9.51. The number of aromatic nitrogens is 1. The third-order valence-electron chi connectivity index (χ3n) is 2.86. The Bertz CT molecular complexity index is 548. The Balaban J connectivity index is 1.97. The number of ether oxygens (including phenoxy) is 1. The minimum absolute atomic E-state index is 0.494. The van der Waals surface area contributed by atoms with E-state index >= 15 is 0 Å². The van der Waals surface area contributed by atoms with E-state index in [4.69, 9.17) is 4.74 Å². The first-order valence-electron chi connectivity index (χ1n) is 5.63. The van der Waals surface area contributed by atoms with Crippen LogP contribution in [-0.2, 0) is 6.42 Å². The molecule has 0 radical (unpaired) electrons. The number of thiazole rings is 1. The quantitative estimate of drug-likeness (QED) is 0.887. The molecule has 1 N–H and O–H groups in total. The molecule has 1 aliphatic heterocycles. The van der Waals surface area contributed by atoms with E-state index in [9.17, 15) is 5.11 Å². The summed E-state index contributed by atoms with van der Waals surface area (Å²) in [6.45, 7) is 2.51. The summed E-state index contributed by atoms with van der Waals surface area (Å²) in [7, 11) is 0. The van der Waals surface area contributed by atoms with E-state index in [1.807, 2.05) is 17.5 Å². The van der Waals surface area contributed by atoms with E-state index in [-0.39, 0.29) is 0 Å². The van der Waals surface area contributed by atoms with E-state index in [0.717, 1.165) is 35.0 Å². The van der Waals surface area contributed by atoms with Crippen LogP contribution in [0.4, 0.5) is 0 Å². The van der Waals surface area contributed by atoms with Crippen LogP contribution in [-0.4, -0.2) is 16.7 Å². The van der Waals surface area contributed by atoms with Crippen molar-refractivity contribution >= 4 is 11.3 Å². The Morgan fingerprint density at radius 1 is 1.47 bits per heavy atom. The van der Waals surface area contributed by atoms with Crippen LogP contribution in [0.1, 0.15) is 23.6 Å². The molecule has 1 aromatic heterocycles. The van der Waals surface area contributed by atoms with Crippen LogP contribution in [0.2, 0.25) is 0 Å². The van der Waals surface area contributed by atoms with Crippen LogP contribution in [0.5, 0.6) is 5.75 Å². The predicted octanol–water partition coefficient (Wildman–Crippen LogP) is 2.80. The van der Waals surface area contributed by atoms with Crippen LogP contribution in [0.15, 0.2) is 23.6 Å². The Kier molecular flexibility index (Phi) is 2.61. The lowest BCUT2D eigenvalue weighted by Gasteiger charge is -2.01. The zero-order valence-corrected chi connectivity index (χ0v) is 10.3. The van der Waals surface area contributed by atoms with E-state index in [0.29, 0.717) is 0 Å². The summed E-state index contributed by atoms with van der Waals surface area (Å²) in [5.41, 5.74) is 3.27. The summed E-state index contributed by atoms with van der Waals surface area (Å²) >= 11 is 1.49. The van der Waals surface area contributed by atoms with Gasteiger partial charge in [0.1, 0.15) is 16.9 Å². The highest BCUT2D eigenvalue weighted by molar-refractivity contribution is 7.10. The number of benzene rings is 1. The zero-order chi connectivity index (χ0) is 11.8. The smallest absolute Gasteiger partial charge is 0.122 e. The van der Waals surface area contributed by atoms with Gasteiger partial charge in [0, 0.05) is 17.4 Å². The summed E-state index contributed by atoms with van der Waals surface area (Å²) in [4.78, 5) is 4.43. The molecule has 2 heterocycles. The fraction of sp³-hybridized carbons (Fsp3) is 0.308. The molecule has 0 fully saturated rings. The molecule has 1 atom stereocenters. The van der Waals surface area contributed by atoms with Crippen molar-refractivity contribution < 1.29 is 9.84 Å². The maximum Gasteiger partial charge on any atom is 0.122 e. The second kappa shape index (κ2) is 4.13. The Hall–Kier alpha value is -1.39. The number of aliphatic hydroxyl groups excluding tert-OH is 1. The standard InChI is InChI=1S/C13H13NO2S/c1-8(15)13-14-11(7-17-13)9-2-3-12-10(6-9)4-5-16-12/h2-3,6-8,15H,4-5H2,1H3. The van der Waals surface area contributed by atoms with E-state index in [2.05, 4.69) is 11.1 Å². The highest BCUT2D eigenvalue weighted by atomic mass is 32.1. The summed E-state index contributed by atoms with van der Waals surface area (Å²) in [5.74, 6) is 0.986. The van der Waals surface area contributed by atoms with E-state index in [1.165, 1.54) is 16.9 Å². The number of aliphatic hydroxyl groups is 1. The van der Waals surface area contributed by atoms with Crippen LogP contribution in [0, 0.1) is 0 Å². The summed E-state index contributed by atoms with van der Waals surface area (Å²) < 4.78 is 5.47. The molecule has 0 amide bonds. The molecule has 4 heteroatoms. The van der Waals surface area contributed by atoms with Crippen LogP contribution in [0.25, 0.3) is 11.3 Å². The van der Waals surface area contributed by atoms with Crippen molar-refractivity contribution in [3.8, 4) is 17.0 Å². The monoisotopic (exact) mass is 247 g/mol. The molecular formula is C13H13NO2S. The normalized spacial score (nSPS) is 15.4. The van der Waals surface area contributed by atoms with Gasteiger partial charge in [-0.1, -0.05) is 0 Å². The highest BCUT2D eigenvalue weighted by Gasteiger charge is 2.14. The third kappa shape index (κ3) is 1.94. The Morgan fingerprint density at radius 3 is 3.12 bits per heavy atom. The molecule has 0 bridgehead atoms. The van der Waals surface area contributed by atoms with Gasteiger partial charge >= 0.3 is 0 Å². The van der Waals surface area contributed by atoms with Gasteiger partial charge in [-0.15, -0.1) is 11.3 Å². The van der Waals surface area contributed by atoms with Crippen LogP contribution >= 0.6 is 11.3 Å². The molecule has 0 saturated carbocycles. The van der Waals surface area contributed by atoms with Gasteiger partial charge in [-0.3, -0.25) is 0 Å². The first-order valence-corrected chi connectivity index (χ1v) is 6.51. The van der Waals surface area contributed by atoms with Gasteiger partial charge in [0.2, 0.25) is 0 Å². The fourth-order valence-electron chi connectivity index (χ4n) is 1.96. The largest absolute Gasteiger partial charge is 0.493 e. The average Bonchev–Trinajstić information content (AvgIpc) is 2.97. The van der Waals surface area contributed by atoms with Gasteiger partial charge in [0.25, 0.3) is 0 Å². The molecule has 2 aromatic rings. The Labute approximate surface area is 104 Å². The van der Waals surface area contributed by atoms with Gasteiger partial charge in [0.05, 0.1) is 12.3 Å². The molecule has 3 nitrogen and oxygen atoms in total. The van der Waals surface area contributed by atoms with Gasteiger partial charge < -0.3 is 9.84 Å². The summed E-state index contributed by atoms with van der Waals surface area (Å²) in [6, 6.07) is 6.15. The van der Waals surface area contributed by atoms with Crippen molar-refractivity contribution in [3.05, 3.63) is 34.2 Å². The molecule has 17 heavy (non-hydrogen) atoms. The molecule has 1 unspecified atom stereocenters. The second-order valence-electron chi connectivity index (χ2n) is 4.17. The lowest BCUT2D eigenvalue weighted by molar-refractivity contribution is 0.199. The fourth-order valence-corrected chi connectivity index (χ4v) is 2.73. The number of hydrogen-bond acceptors (Lipinski definition) is 4. The average molecular weight is 247 g/mol. The van der Waals surface area contributed by atoms with Crippen molar-refractivity contribution in [2.75, 3.05) is 6.61 Å². The summed E-state index contributed by atoms with van der Waals surface area (Å²) in [5, 5.41) is 12.2. The molecule has 0 saturated heterocycles. The van der Waals surface area contributed by atoms with Crippen molar-refractivity contribution in [1.29, 1.82) is 0 Å². The molecule has 0 spiro atoms. The van der Waals surface area contributed by atoms with Gasteiger partial charge in [-0.05, 0) is 30.7 Å². The van der Waals surface area contributed by atoms with Crippen LogP contribution < -0.4 is 4.74 Å². The minimum Gasteiger partial charge on any atom is -0.493 e. The maximum atomic E-state index is 9.47. The lowest BCUT2D eigenvalue weighted by Crippen LogP contribution is -1.89. The molecule has 0 aliphatic carbocycles. The SMILES string of the molecule is CC(O)c1nc(-c2ccc3c(c2)CCO3)cs1. The van der Waals surface area contributed by atoms with Crippen molar-refractivity contribution in [2.45, 2.75) is 19.4 Å². The minimum atomic E-state index is -0.494. The third-order valence-corrected chi connectivity index (χ3v) is 3.88. The molecule has 88 valence electrons. The van der Waals surface area contributed by atoms with Crippen molar-refractivity contribution in [1.82, 2.24) is 4.98 Å². The van der Waals surface area contributed by atoms with E-state index in [1.54, 1.807) is 6.92 Å². The van der Waals surface area contributed by atoms with Crippen LogP contribution in [0.3, 0.4) is 0 Å². The first-order chi connectivity index (χ1) is 8.24. The predicted molar refractivity (Wildman–Crippen MR) is 67.4 cm³/mol.